The van der Waals surface area contributed by atoms with Crippen LogP contribution in [-0.4, -0.2) is 19.3 Å². The van der Waals surface area contributed by atoms with Crippen molar-refractivity contribution in [3.63, 3.8) is 0 Å². The Labute approximate surface area is 174 Å². The van der Waals surface area contributed by atoms with Gasteiger partial charge < -0.3 is 5.32 Å². The maximum Gasteiger partial charge on any atom is 0.238 e. The number of nitrogens with one attached hydrogen (secondary N) is 1. The predicted octanol–water partition coefficient (Wildman–Crippen LogP) is 3.95. The first-order valence-electron chi connectivity index (χ1n) is 9.09. The van der Waals surface area contributed by atoms with Crippen LogP contribution in [0.15, 0.2) is 46.7 Å². The van der Waals surface area contributed by atoms with Crippen molar-refractivity contribution in [2.24, 2.45) is 5.14 Å². The predicted molar refractivity (Wildman–Crippen MR) is 117 cm³/mol. The van der Waals surface area contributed by atoms with E-state index in [1.807, 2.05) is 5.38 Å². The molecule has 1 aromatic heterocycles. The average Bonchev–Trinajstić information content (AvgIpc) is 3.10. The number of hydrogen-bond donors (Lipinski definition) is 2. The molecule has 0 atom stereocenters. The Balaban J connectivity index is 1.61. The second kappa shape index (κ2) is 8.44. The van der Waals surface area contributed by atoms with Gasteiger partial charge in [0.05, 0.1) is 10.6 Å². The highest BCUT2D eigenvalue weighted by Crippen LogP contribution is 2.29. The summed E-state index contributed by atoms with van der Waals surface area (Å²) in [4.78, 5) is 16.9. The number of rotatable bonds is 6. The molecule has 1 heterocycles. The van der Waals surface area contributed by atoms with Crippen LogP contribution in [0.5, 0.6) is 0 Å². The van der Waals surface area contributed by atoms with Gasteiger partial charge in [0.15, 0.2) is 5.13 Å². The van der Waals surface area contributed by atoms with Crippen molar-refractivity contribution in [2.45, 2.75) is 38.5 Å². The molecule has 2 aromatic carbocycles. The maximum atomic E-state index is 12.3. The lowest BCUT2D eigenvalue weighted by atomic mass is 9.99. The molecule has 3 aromatic rings. The highest BCUT2D eigenvalue weighted by atomic mass is 32.2. The fourth-order valence-corrected chi connectivity index (χ4v) is 4.22. The number of aryl methyl sites for hydroxylation is 4. The second-order valence-corrected chi connectivity index (χ2v) is 9.45. The number of carbonyl (C=O) groups is 1. The molecule has 0 unspecified atom stereocenters. The Morgan fingerprint density at radius 3 is 2.38 bits per heavy atom. The van der Waals surface area contributed by atoms with E-state index < -0.39 is 10.0 Å². The Kier molecular flexibility index (Phi) is 6.16. The Morgan fingerprint density at radius 1 is 1.07 bits per heavy atom. The van der Waals surface area contributed by atoms with E-state index in [9.17, 15) is 13.2 Å². The Morgan fingerprint density at radius 2 is 1.72 bits per heavy atom. The molecule has 0 aliphatic carbocycles. The van der Waals surface area contributed by atoms with Gasteiger partial charge in [0.1, 0.15) is 0 Å². The summed E-state index contributed by atoms with van der Waals surface area (Å²) in [6.45, 7) is 6.21. The van der Waals surface area contributed by atoms with Crippen molar-refractivity contribution in [2.75, 3.05) is 5.32 Å². The van der Waals surface area contributed by atoms with Crippen LogP contribution in [0.4, 0.5) is 5.13 Å². The molecule has 0 radical (unpaired) electrons. The molecule has 152 valence electrons. The third-order valence-electron chi connectivity index (χ3n) is 4.76. The lowest BCUT2D eigenvalue weighted by Crippen LogP contribution is -2.13. The minimum atomic E-state index is -3.71. The standard InChI is InChI=1S/C21H23N3O3S2/c1-13-10-15(3)18(11-14(13)2)19-12-28-21(23-19)24-20(25)9-6-16-4-7-17(8-5-16)29(22,26)27/h4-5,7-8,10-12H,6,9H2,1-3H3,(H2,22,26,27)(H,23,24,25). The third-order valence-corrected chi connectivity index (χ3v) is 6.45. The lowest BCUT2D eigenvalue weighted by molar-refractivity contribution is -0.116. The monoisotopic (exact) mass is 429 g/mol. The molecule has 0 aliphatic rings. The summed E-state index contributed by atoms with van der Waals surface area (Å²) in [7, 11) is -3.71. The van der Waals surface area contributed by atoms with E-state index in [-0.39, 0.29) is 17.2 Å². The van der Waals surface area contributed by atoms with Gasteiger partial charge in [0.2, 0.25) is 15.9 Å². The van der Waals surface area contributed by atoms with E-state index in [0.29, 0.717) is 11.6 Å². The first kappa shape index (κ1) is 21.2. The Hall–Kier alpha value is -2.55. The molecule has 29 heavy (non-hydrogen) atoms. The molecule has 0 spiro atoms. The van der Waals surface area contributed by atoms with Crippen LogP contribution in [0.3, 0.4) is 0 Å². The first-order chi connectivity index (χ1) is 13.6. The summed E-state index contributed by atoms with van der Waals surface area (Å²) in [5, 5.41) is 10.4. The molecule has 0 aliphatic heterocycles. The first-order valence-corrected chi connectivity index (χ1v) is 11.5. The van der Waals surface area contributed by atoms with Gasteiger partial charge in [-0.15, -0.1) is 11.3 Å². The van der Waals surface area contributed by atoms with Crippen LogP contribution >= 0.6 is 11.3 Å². The van der Waals surface area contributed by atoms with Gasteiger partial charge in [0, 0.05) is 17.4 Å². The molecule has 0 saturated carbocycles. The molecular weight excluding hydrogens is 406 g/mol. The van der Waals surface area contributed by atoms with Gasteiger partial charge in [-0.25, -0.2) is 18.5 Å². The van der Waals surface area contributed by atoms with Gasteiger partial charge in [-0.2, -0.15) is 0 Å². The van der Waals surface area contributed by atoms with E-state index in [0.717, 1.165) is 22.4 Å². The van der Waals surface area contributed by atoms with Gasteiger partial charge >= 0.3 is 0 Å². The topological polar surface area (TPSA) is 102 Å². The maximum absolute atomic E-state index is 12.3. The fourth-order valence-electron chi connectivity index (χ4n) is 2.98. The minimum Gasteiger partial charge on any atom is -0.302 e. The van der Waals surface area contributed by atoms with Gasteiger partial charge in [-0.05, 0) is 67.6 Å². The molecule has 3 rings (SSSR count). The summed E-state index contributed by atoms with van der Waals surface area (Å²) in [6.07, 6.45) is 0.761. The summed E-state index contributed by atoms with van der Waals surface area (Å²) >= 11 is 1.39. The van der Waals surface area contributed by atoms with E-state index >= 15 is 0 Å². The molecular formula is C21H23N3O3S2. The lowest BCUT2D eigenvalue weighted by Gasteiger charge is -2.07. The smallest absolute Gasteiger partial charge is 0.238 e. The number of thiazole rings is 1. The van der Waals surface area contributed by atoms with Crippen molar-refractivity contribution in [3.05, 3.63) is 64.0 Å². The van der Waals surface area contributed by atoms with Crippen LogP contribution in [0.25, 0.3) is 11.3 Å². The number of sulfonamides is 1. The quantitative estimate of drug-likeness (QED) is 0.619. The van der Waals surface area contributed by atoms with Crippen molar-refractivity contribution in [1.29, 1.82) is 0 Å². The fraction of sp³-hybridized carbons (Fsp3) is 0.238. The van der Waals surface area contributed by atoms with E-state index in [4.69, 9.17) is 5.14 Å². The van der Waals surface area contributed by atoms with Crippen molar-refractivity contribution in [3.8, 4) is 11.3 Å². The van der Waals surface area contributed by atoms with E-state index in [2.05, 4.69) is 43.2 Å². The highest BCUT2D eigenvalue weighted by molar-refractivity contribution is 7.89. The van der Waals surface area contributed by atoms with Crippen LogP contribution < -0.4 is 10.5 Å². The van der Waals surface area contributed by atoms with Gasteiger partial charge in [-0.1, -0.05) is 18.2 Å². The van der Waals surface area contributed by atoms with Crippen molar-refractivity contribution in [1.82, 2.24) is 4.98 Å². The summed E-state index contributed by atoms with van der Waals surface area (Å²) in [5.41, 5.74) is 6.38. The van der Waals surface area contributed by atoms with Crippen LogP contribution in [0.2, 0.25) is 0 Å². The van der Waals surface area contributed by atoms with Crippen molar-refractivity contribution < 1.29 is 13.2 Å². The van der Waals surface area contributed by atoms with E-state index in [1.165, 1.54) is 34.6 Å². The summed E-state index contributed by atoms with van der Waals surface area (Å²) in [5.74, 6) is -0.141. The number of aromatic nitrogens is 1. The number of nitrogens with two attached hydrogens (primary N) is 1. The molecule has 3 N–H and O–H groups in total. The molecule has 8 heteroatoms. The second-order valence-electron chi connectivity index (χ2n) is 7.03. The zero-order valence-corrected chi connectivity index (χ0v) is 18.2. The molecule has 0 bridgehead atoms. The van der Waals surface area contributed by atoms with Crippen molar-refractivity contribution >= 4 is 32.4 Å². The molecule has 6 nitrogen and oxygen atoms in total. The number of amides is 1. The molecule has 0 fully saturated rings. The van der Waals surface area contributed by atoms with Crippen LogP contribution in [0.1, 0.15) is 28.7 Å². The average molecular weight is 430 g/mol. The van der Waals surface area contributed by atoms with Crippen LogP contribution in [0, 0.1) is 20.8 Å². The number of nitrogens with zero attached hydrogens (tertiary/aromatic N) is 1. The summed E-state index contributed by atoms with van der Waals surface area (Å²) in [6, 6.07) is 10.5. The highest BCUT2D eigenvalue weighted by Gasteiger charge is 2.12. The van der Waals surface area contributed by atoms with Gasteiger partial charge in [-0.3, -0.25) is 4.79 Å². The SMILES string of the molecule is Cc1cc(C)c(-c2csc(NC(=O)CCc3ccc(S(N)(=O)=O)cc3)n2)cc1C. The number of carbonyl (C=O) groups excluding carboxylic acids is 1. The van der Waals surface area contributed by atoms with Crippen LogP contribution in [-0.2, 0) is 21.2 Å². The Bertz CT molecular complexity index is 1150. The number of benzene rings is 2. The number of primary sulfonamides is 1. The van der Waals surface area contributed by atoms with Gasteiger partial charge in [0.25, 0.3) is 0 Å². The minimum absolute atomic E-state index is 0.0580. The van der Waals surface area contributed by atoms with E-state index in [1.54, 1.807) is 12.1 Å². The number of anilines is 1. The normalized spacial score (nSPS) is 11.4. The zero-order valence-electron chi connectivity index (χ0n) is 16.5. The molecule has 1 amide bonds. The number of hydrogen-bond acceptors (Lipinski definition) is 5. The largest absolute Gasteiger partial charge is 0.302 e. The summed E-state index contributed by atoms with van der Waals surface area (Å²) < 4.78 is 22.6. The third kappa shape index (κ3) is 5.29. The molecule has 0 saturated heterocycles. The zero-order chi connectivity index (χ0) is 21.2.